The third-order valence-electron chi connectivity index (χ3n) is 11.0. The van der Waals surface area contributed by atoms with Crippen LogP contribution in [0.5, 0.6) is 0 Å². The summed E-state index contributed by atoms with van der Waals surface area (Å²) in [6.45, 7) is 14.1. The average molecular weight is 413 g/mol. The van der Waals surface area contributed by atoms with E-state index in [0.717, 1.165) is 37.2 Å². The van der Waals surface area contributed by atoms with E-state index in [-0.39, 0.29) is 17.3 Å². The summed E-state index contributed by atoms with van der Waals surface area (Å²) < 4.78 is 5.70. The predicted octanol–water partition coefficient (Wildman–Crippen LogP) is 5.97. The van der Waals surface area contributed by atoms with Gasteiger partial charge in [-0.1, -0.05) is 40.2 Å². The number of hydrogen-bond donors (Lipinski definition) is 0. The minimum absolute atomic E-state index is 0.0993. The van der Waals surface area contributed by atoms with Crippen LogP contribution in [-0.2, 0) is 14.3 Å². The monoisotopic (exact) mass is 412 g/mol. The maximum atomic E-state index is 13.7. The van der Waals surface area contributed by atoms with E-state index in [1.54, 1.807) is 0 Å². The fourth-order valence-corrected chi connectivity index (χ4v) is 9.53. The fourth-order valence-electron chi connectivity index (χ4n) is 9.53. The van der Waals surface area contributed by atoms with Gasteiger partial charge in [0.1, 0.15) is 5.78 Å². The van der Waals surface area contributed by atoms with E-state index in [0.29, 0.717) is 47.9 Å². The van der Waals surface area contributed by atoms with E-state index in [4.69, 9.17) is 4.74 Å². The summed E-state index contributed by atoms with van der Waals surface area (Å²) in [4.78, 5) is 27.2. The SMILES string of the molecule is CCOC(=O)C1=C2C[C@H]3[C@H](C(C)C)CC[C@]3(C)CC2[C@]2(C)C(=O)C[C@H]3[C@H](C)CCC132. The molecule has 0 heterocycles. The molecule has 0 radical (unpaired) electrons. The van der Waals surface area contributed by atoms with Gasteiger partial charge in [-0.2, -0.15) is 0 Å². The zero-order chi connectivity index (χ0) is 21.6. The molecule has 4 saturated carbocycles. The van der Waals surface area contributed by atoms with Crippen molar-refractivity contribution in [1.29, 1.82) is 0 Å². The molecule has 3 nitrogen and oxygen atoms in total. The first-order chi connectivity index (χ1) is 14.1. The van der Waals surface area contributed by atoms with Gasteiger partial charge < -0.3 is 4.74 Å². The number of rotatable bonds is 3. The van der Waals surface area contributed by atoms with Gasteiger partial charge in [0, 0.05) is 22.8 Å². The van der Waals surface area contributed by atoms with E-state index in [2.05, 4.69) is 34.6 Å². The minimum atomic E-state index is -0.399. The first kappa shape index (κ1) is 20.8. The van der Waals surface area contributed by atoms with E-state index < -0.39 is 5.41 Å². The van der Waals surface area contributed by atoms with Crippen LogP contribution in [0.15, 0.2) is 11.1 Å². The van der Waals surface area contributed by atoms with Crippen LogP contribution in [-0.4, -0.2) is 18.4 Å². The Balaban J connectivity index is 1.69. The van der Waals surface area contributed by atoms with Crippen LogP contribution < -0.4 is 0 Å². The molecule has 0 aromatic carbocycles. The van der Waals surface area contributed by atoms with Crippen LogP contribution in [0.25, 0.3) is 0 Å². The Morgan fingerprint density at radius 3 is 2.53 bits per heavy atom. The largest absolute Gasteiger partial charge is 0.463 e. The quantitative estimate of drug-likeness (QED) is 0.536. The standard InChI is InChI=1S/C27H40O3/c1-7-30-24(29)23-18-12-20-17(15(2)3)9-10-25(20,5)14-21(18)26(6)22(28)13-19-16(4)8-11-27(19,23)26/h15-17,19-21H,7-14H2,1-6H3/t16-,17+,19+,20+,21?,25-,26-,27?/m1/s1. The molecular weight excluding hydrogens is 372 g/mol. The molecule has 0 amide bonds. The zero-order valence-corrected chi connectivity index (χ0v) is 19.8. The molecule has 0 aromatic rings. The second kappa shape index (κ2) is 6.45. The summed E-state index contributed by atoms with van der Waals surface area (Å²) >= 11 is 0. The van der Waals surface area contributed by atoms with Crippen molar-refractivity contribution in [3.8, 4) is 0 Å². The smallest absolute Gasteiger partial charge is 0.334 e. The van der Waals surface area contributed by atoms with Gasteiger partial charge in [-0.15, -0.1) is 0 Å². The fraction of sp³-hybridized carbons (Fsp3) is 0.852. The first-order valence-electron chi connectivity index (χ1n) is 12.6. The summed E-state index contributed by atoms with van der Waals surface area (Å²) in [5, 5.41) is 0. The van der Waals surface area contributed by atoms with E-state index in [1.807, 2.05) is 6.92 Å². The lowest BCUT2D eigenvalue weighted by molar-refractivity contribution is -0.141. The molecule has 0 aliphatic heterocycles. The number of ketones is 1. The van der Waals surface area contributed by atoms with Crippen molar-refractivity contribution in [2.45, 2.75) is 86.5 Å². The molecular formula is C27H40O3. The molecule has 4 fully saturated rings. The number of Topliss-reactive ketones (excluding diaryl/α,β-unsaturated/α-hetero) is 1. The number of carbonyl (C=O) groups is 2. The van der Waals surface area contributed by atoms with Crippen molar-refractivity contribution < 1.29 is 14.3 Å². The van der Waals surface area contributed by atoms with Crippen LogP contribution in [0, 0.1) is 51.8 Å². The molecule has 166 valence electrons. The van der Waals surface area contributed by atoms with Gasteiger partial charge in [0.05, 0.1) is 6.61 Å². The number of allylic oxidation sites excluding steroid dienone is 1. The lowest BCUT2D eigenvalue weighted by Crippen LogP contribution is -2.46. The van der Waals surface area contributed by atoms with Gasteiger partial charge >= 0.3 is 5.97 Å². The van der Waals surface area contributed by atoms with Gasteiger partial charge in [0.2, 0.25) is 0 Å². The van der Waals surface area contributed by atoms with Crippen molar-refractivity contribution in [1.82, 2.24) is 0 Å². The van der Waals surface area contributed by atoms with E-state index >= 15 is 0 Å². The van der Waals surface area contributed by atoms with Crippen molar-refractivity contribution in [3.63, 3.8) is 0 Å². The average Bonchev–Trinajstić information content (AvgIpc) is 3.31. The topological polar surface area (TPSA) is 43.4 Å². The van der Waals surface area contributed by atoms with Crippen molar-refractivity contribution in [2.24, 2.45) is 51.8 Å². The Morgan fingerprint density at radius 2 is 1.87 bits per heavy atom. The number of esters is 1. The maximum Gasteiger partial charge on any atom is 0.334 e. The lowest BCUT2D eigenvalue weighted by Gasteiger charge is -2.48. The van der Waals surface area contributed by atoms with Crippen LogP contribution in [0.3, 0.4) is 0 Å². The molecule has 5 rings (SSSR count). The van der Waals surface area contributed by atoms with E-state index in [9.17, 15) is 9.59 Å². The Hall–Kier alpha value is -1.12. The number of ether oxygens (including phenoxy) is 1. The molecule has 30 heavy (non-hydrogen) atoms. The van der Waals surface area contributed by atoms with Crippen LogP contribution in [0.4, 0.5) is 0 Å². The highest BCUT2D eigenvalue weighted by Crippen LogP contribution is 2.78. The van der Waals surface area contributed by atoms with Gasteiger partial charge in [0.25, 0.3) is 0 Å². The number of hydrogen-bond acceptors (Lipinski definition) is 3. The predicted molar refractivity (Wildman–Crippen MR) is 118 cm³/mol. The molecule has 8 atom stereocenters. The van der Waals surface area contributed by atoms with Gasteiger partial charge in [0.15, 0.2) is 0 Å². The molecule has 5 aliphatic carbocycles. The molecule has 0 aromatic heterocycles. The molecule has 0 N–H and O–H groups in total. The highest BCUT2D eigenvalue weighted by Gasteiger charge is 2.76. The lowest BCUT2D eigenvalue weighted by atomic mass is 9.54. The molecule has 5 aliphatic rings. The molecule has 3 heteroatoms. The number of fused-ring (bicyclic) bond motifs is 3. The van der Waals surface area contributed by atoms with Gasteiger partial charge in [-0.3, -0.25) is 4.79 Å². The molecule has 0 bridgehead atoms. The maximum absolute atomic E-state index is 13.7. The van der Waals surface area contributed by atoms with Gasteiger partial charge in [-0.25, -0.2) is 4.79 Å². The molecule has 0 saturated heterocycles. The van der Waals surface area contributed by atoms with Crippen LogP contribution in [0.1, 0.15) is 86.5 Å². The Bertz CT molecular complexity index is 824. The van der Waals surface area contributed by atoms with Crippen LogP contribution >= 0.6 is 0 Å². The Kier molecular flexibility index (Phi) is 4.47. The highest BCUT2D eigenvalue weighted by atomic mass is 16.5. The molecule has 1 spiro atoms. The van der Waals surface area contributed by atoms with Crippen molar-refractivity contribution in [2.75, 3.05) is 6.61 Å². The zero-order valence-electron chi connectivity index (χ0n) is 19.8. The van der Waals surface area contributed by atoms with Crippen molar-refractivity contribution >= 4 is 11.8 Å². The summed E-state index contributed by atoms with van der Waals surface area (Å²) in [5.41, 5.74) is 1.97. The Morgan fingerprint density at radius 1 is 1.13 bits per heavy atom. The second-order valence-electron chi connectivity index (χ2n) is 12.2. The summed E-state index contributed by atoms with van der Waals surface area (Å²) in [7, 11) is 0. The summed E-state index contributed by atoms with van der Waals surface area (Å²) in [5.74, 6) is 3.45. The second-order valence-corrected chi connectivity index (χ2v) is 12.2. The normalized spacial score (nSPS) is 49.3. The minimum Gasteiger partial charge on any atom is -0.463 e. The van der Waals surface area contributed by atoms with E-state index in [1.165, 1.54) is 18.4 Å². The van der Waals surface area contributed by atoms with Gasteiger partial charge in [-0.05, 0) is 86.4 Å². The third kappa shape index (κ3) is 2.23. The summed E-state index contributed by atoms with van der Waals surface area (Å²) in [6, 6.07) is 0. The first-order valence-corrected chi connectivity index (χ1v) is 12.6. The molecule has 2 unspecified atom stereocenters. The number of carbonyl (C=O) groups excluding carboxylic acids is 2. The third-order valence-corrected chi connectivity index (χ3v) is 11.0. The highest BCUT2D eigenvalue weighted by molar-refractivity contribution is 6.00. The van der Waals surface area contributed by atoms with Crippen LogP contribution in [0.2, 0.25) is 0 Å². The van der Waals surface area contributed by atoms with Crippen molar-refractivity contribution in [3.05, 3.63) is 11.1 Å². The summed E-state index contributed by atoms with van der Waals surface area (Å²) in [6.07, 6.45) is 7.46. The Labute approximate surface area is 182 Å².